The molecule has 1 nitrogen and oxygen atoms in total. The summed E-state index contributed by atoms with van der Waals surface area (Å²) in [6, 6.07) is 0. The van der Waals surface area contributed by atoms with Gasteiger partial charge < -0.3 is 5.32 Å². The molecule has 84 valence electrons. The van der Waals surface area contributed by atoms with E-state index in [1.165, 1.54) is 25.9 Å². The molecule has 14 heavy (non-hydrogen) atoms. The van der Waals surface area contributed by atoms with E-state index in [1.807, 2.05) is 0 Å². The zero-order chi connectivity index (χ0) is 11.0. The fourth-order valence-corrected chi connectivity index (χ4v) is 3.31. The second-order valence-corrected chi connectivity index (χ2v) is 6.86. The molecular weight excluding hydrogens is 170 g/mol. The third-order valence-corrected chi connectivity index (χ3v) is 4.26. The number of piperidine rings is 1. The fraction of sp³-hybridized carbons (Fsp3) is 1.00. The zero-order valence-corrected chi connectivity index (χ0v) is 10.8. The molecule has 0 radical (unpaired) electrons. The van der Waals surface area contributed by atoms with Crippen molar-refractivity contribution < 1.29 is 0 Å². The van der Waals surface area contributed by atoms with Crippen molar-refractivity contribution in [1.29, 1.82) is 0 Å². The van der Waals surface area contributed by atoms with E-state index < -0.39 is 0 Å². The van der Waals surface area contributed by atoms with Crippen LogP contribution in [0.3, 0.4) is 0 Å². The predicted octanol–water partition coefficient (Wildman–Crippen LogP) is 3.45. The first-order valence-corrected chi connectivity index (χ1v) is 5.91. The topological polar surface area (TPSA) is 12.0 Å². The molecule has 1 heterocycles. The molecule has 1 N–H and O–H groups in total. The van der Waals surface area contributed by atoms with Crippen LogP contribution in [-0.4, -0.2) is 13.1 Å². The van der Waals surface area contributed by atoms with Gasteiger partial charge in [0.05, 0.1) is 0 Å². The maximum absolute atomic E-state index is 3.59. The van der Waals surface area contributed by atoms with Gasteiger partial charge in [-0.15, -0.1) is 0 Å². The highest BCUT2D eigenvalue weighted by Crippen LogP contribution is 2.54. The average Bonchev–Trinajstić information content (AvgIpc) is 2.02. The van der Waals surface area contributed by atoms with Gasteiger partial charge in [0.2, 0.25) is 0 Å². The minimum absolute atomic E-state index is 0.388. The summed E-state index contributed by atoms with van der Waals surface area (Å²) in [7, 11) is 0. The molecular formula is C13H27N. The van der Waals surface area contributed by atoms with Gasteiger partial charge in [-0.2, -0.15) is 0 Å². The van der Waals surface area contributed by atoms with Crippen molar-refractivity contribution in [2.24, 2.45) is 16.2 Å². The summed E-state index contributed by atoms with van der Waals surface area (Å²) < 4.78 is 0. The van der Waals surface area contributed by atoms with Gasteiger partial charge in [0.25, 0.3) is 0 Å². The van der Waals surface area contributed by atoms with Crippen LogP contribution in [0.4, 0.5) is 0 Å². The Balaban J connectivity index is 3.01. The predicted molar refractivity (Wildman–Crippen MR) is 63.4 cm³/mol. The normalized spacial score (nSPS) is 23.6. The van der Waals surface area contributed by atoms with E-state index in [9.17, 15) is 0 Å². The van der Waals surface area contributed by atoms with E-state index in [4.69, 9.17) is 0 Å². The molecule has 0 unspecified atom stereocenters. The summed E-state index contributed by atoms with van der Waals surface area (Å²) in [6.07, 6.45) is 2.70. The molecule has 1 heteroatoms. The van der Waals surface area contributed by atoms with Crippen molar-refractivity contribution in [3.8, 4) is 0 Å². The van der Waals surface area contributed by atoms with Gasteiger partial charge in [0.1, 0.15) is 0 Å². The van der Waals surface area contributed by atoms with Gasteiger partial charge in [-0.3, -0.25) is 0 Å². The second-order valence-electron chi connectivity index (χ2n) is 6.86. The lowest BCUT2D eigenvalue weighted by Gasteiger charge is -2.56. The van der Waals surface area contributed by atoms with Crippen molar-refractivity contribution >= 4 is 0 Å². The molecule has 0 aromatic heterocycles. The largest absolute Gasteiger partial charge is 0.316 e. The van der Waals surface area contributed by atoms with Crippen molar-refractivity contribution in [3.63, 3.8) is 0 Å². The lowest BCUT2D eigenvalue weighted by atomic mass is 9.51. The molecule has 1 aliphatic rings. The number of nitrogens with one attached hydrogen (secondary N) is 1. The summed E-state index contributed by atoms with van der Waals surface area (Å²) in [4.78, 5) is 0. The Kier molecular flexibility index (Phi) is 3.02. The van der Waals surface area contributed by atoms with Gasteiger partial charge in [-0.05, 0) is 35.6 Å². The van der Waals surface area contributed by atoms with Gasteiger partial charge in [-0.1, -0.05) is 41.5 Å². The van der Waals surface area contributed by atoms with Crippen LogP contribution in [0.2, 0.25) is 0 Å². The molecule has 1 saturated heterocycles. The van der Waals surface area contributed by atoms with E-state index in [1.54, 1.807) is 0 Å². The molecule has 1 rings (SSSR count). The van der Waals surface area contributed by atoms with Crippen LogP contribution in [0, 0.1) is 16.2 Å². The first-order chi connectivity index (χ1) is 6.21. The van der Waals surface area contributed by atoms with Gasteiger partial charge in [-0.25, -0.2) is 0 Å². The Morgan fingerprint density at radius 3 is 1.64 bits per heavy atom. The van der Waals surface area contributed by atoms with Gasteiger partial charge in [0.15, 0.2) is 0 Å². The lowest BCUT2D eigenvalue weighted by molar-refractivity contribution is -0.0515. The highest BCUT2D eigenvalue weighted by Gasteiger charge is 2.50. The van der Waals surface area contributed by atoms with Crippen LogP contribution < -0.4 is 5.32 Å². The molecule has 1 fully saturated rings. The maximum atomic E-state index is 3.59. The number of hydrogen-bond donors (Lipinski definition) is 1. The summed E-state index contributed by atoms with van der Waals surface area (Å²) in [6.45, 7) is 16.7. The van der Waals surface area contributed by atoms with Crippen molar-refractivity contribution in [2.75, 3.05) is 13.1 Å². The highest BCUT2D eigenvalue weighted by atomic mass is 14.9. The summed E-state index contributed by atoms with van der Waals surface area (Å²) in [5.74, 6) is 0. The molecule has 0 spiro atoms. The Hall–Kier alpha value is -0.0400. The molecule has 0 aromatic rings. The van der Waals surface area contributed by atoms with Crippen LogP contribution in [0.15, 0.2) is 0 Å². The minimum atomic E-state index is 0.388. The summed E-state index contributed by atoms with van der Waals surface area (Å²) in [5, 5.41) is 3.59. The van der Waals surface area contributed by atoms with Crippen LogP contribution >= 0.6 is 0 Å². The van der Waals surface area contributed by atoms with E-state index in [2.05, 4.69) is 46.9 Å². The third kappa shape index (κ3) is 1.84. The third-order valence-electron chi connectivity index (χ3n) is 4.26. The Bertz CT molecular complexity index is 170. The SMILES string of the molecule is CC(C)(C)C1(C(C)(C)C)CCCNC1. The molecule has 0 saturated carbocycles. The van der Waals surface area contributed by atoms with E-state index in [0.29, 0.717) is 16.2 Å². The standard InChI is InChI=1S/C13H27N/c1-11(2,3)13(12(4,5)6)8-7-9-14-10-13/h14H,7-10H2,1-6H3. The van der Waals surface area contributed by atoms with Crippen LogP contribution in [0.25, 0.3) is 0 Å². The van der Waals surface area contributed by atoms with E-state index >= 15 is 0 Å². The Morgan fingerprint density at radius 1 is 0.929 bits per heavy atom. The van der Waals surface area contributed by atoms with Gasteiger partial charge in [0, 0.05) is 6.54 Å². The molecule has 0 aliphatic carbocycles. The van der Waals surface area contributed by atoms with Gasteiger partial charge >= 0.3 is 0 Å². The van der Waals surface area contributed by atoms with Crippen molar-refractivity contribution in [1.82, 2.24) is 5.32 Å². The van der Waals surface area contributed by atoms with Crippen molar-refractivity contribution in [3.05, 3.63) is 0 Å². The van der Waals surface area contributed by atoms with Crippen LogP contribution in [-0.2, 0) is 0 Å². The molecule has 0 bridgehead atoms. The number of rotatable bonds is 0. The second kappa shape index (κ2) is 3.52. The fourth-order valence-electron chi connectivity index (χ4n) is 3.31. The lowest BCUT2D eigenvalue weighted by Crippen LogP contribution is -2.55. The smallest absolute Gasteiger partial charge is 0.00179 e. The molecule has 0 atom stereocenters. The van der Waals surface area contributed by atoms with Crippen molar-refractivity contribution in [2.45, 2.75) is 54.4 Å². The monoisotopic (exact) mass is 197 g/mol. The molecule has 0 aromatic carbocycles. The summed E-state index contributed by atoms with van der Waals surface area (Å²) >= 11 is 0. The summed E-state index contributed by atoms with van der Waals surface area (Å²) in [5.41, 5.74) is 1.22. The molecule has 0 amide bonds. The van der Waals surface area contributed by atoms with E-state index in [0.717, 1.165) is 0 Å². The van der Waals surface area contributed by atoms with Crippen LogP contribution in [0.1, 0.15) is 54.4 Å². The highest BCUT2D eigenvalue weighted by molar-refractivity contribution is 5.01. The Labute approximate surface area is 89.7 Å². The average molecular weight is 197 g/mol. The zero-order valence-electron chi connectivity index (χ0n) is 10.8. The maximum Gasteiger partial charge on any atom is 0.00179 e. The minimum Gasteiger partial charge on any atom is -0.316 e. The first kappa shape index (κ1) is 12.0. The molecule has 1 aliphatic heterocycles. The van der Waals surface area contributed by atoms with E-state index in [-0.39, 0.29) is 0 Å². The van der Waals surface area contributed by atoms with Crippen LogP contribution in [0.5, 0.6) is 0 Å². The number of hydrogen-bond acceptors (Lipinski definition) is 1. The quantitative estimate of drug-likeness (QED) is 0.627. The first-order valence-electron chi connectivity index (χ1n) is 5.91. The Morgan fingerprint density at radius 2 is 1.43 bits per heavy atom.